The van der Waals surface area contributed by atoms with E-state index in [0.717, 1.165) is 11.1 Å². The Bertz CT molecular complexity index is 480. The molecule has 1 atom stereocenters. The first-order valence-corrected chi connectivity index (χ1v) is 6.57. The minimum Gasteiger partial charge on any atom is -0.481 e. The topological polar surface area (TPSA) is 78.4 Å². The zero-order chi connectivity index (χ0) is 15.3. The molecule has 0 fully saturated rings. The number of benzene rings is 1. The molecule has 2 amide bonds. The van der Waals surface area contributed by atoms with Gasteiger partial charge in [-0.1, -0.05) is 29.8 Å². The summed E-state index contributed by atoms with van der Waals surface area (Å²) in [5, 5.41) is 14.2. The van der Waals surface area contributed by atoms with Crippen LogP contribution in [0.1, 0.15) is 44.4 Å². The highest BCUT2D eigenvalue weighted by Crippen LogP contribution is 2.13. The van der Waals surface area contributed by atoms with Crippen LogP contribution >= 0.6 is 0 Å². The maximum Gasteiger partial charge on any atom is 0.315 e. The number of hydrogen-bond donors (Lipinski definition) is 3. The second-order valence-corrected chi connectivity index (χ2v) is 5.69. The van der Waals surface area contributed by atoms with Crippen LogP contribution in [0.3, 0.4) is 0 Å². The van der Waals surface area contributed by atoms with Crippen molar-refractivity contribution in [2.24, 2.45) is 0 Å². The van der Waals surface area contributed by atoms with Crippen molar-refractivity contribution in [3.63, 3.8) is 0 Å². The van der Waals surface area contributed by atoms with E-state index >= 15 is 0 Å². The summed E-state index contributed by atoms with van der Waals surface area (Å²) in [6.45, 7) is 7.24. The molecule has 0 aromatic heterocycles. The van der Waals surface area contributed by atoms with Crippen LogP contribution in [0.4, 0.5) is 4.79 Å². The Hall–Kier alpha value is -2.04. The van der Waals surface area contributed by atoms with Crippen LogP contribution in [0.15, 0.2) is 24.3 Å². The van der Waals surface area contributed by atoms with Crippen LogP contribution in [0, 0.1) is 6.92 Å². The van der Waals surface area contributed by atoms with E-state index in [1.807, 2.05) is 38.1 Å². The standard InChI is InChI=1S/C15H22N2O3/c1-10-5-7-12(8-6-10)11(2)16-14(20)17-15(3,4)9-13(18)19/h5-8,11H,9H2,1-4H3,(H,18,19)(H2,16,17,20). The molecule has 0 aliphatic heterocycles. The van der Waals surface area contributed by atoms with E-state index in [4.69, 9.17) is 5.11 Å². The number of hydrogen-bond acceptors (Lipinski definition) is 2. The van der Waals surface area contributed by atoms with Gasteiger partial charge in [0.25, 0.3) is 0 Å². The van der Waals surface area contributed by atoms with Crippen LogP contribution in [-0.2, 0) is 4.79 Å². The summed E-state index contributed by atoms with van der Waals surface area (Å²) in [5.74, 6) is -0.943. The highest BCUT2D eigenvalue weighted by Gasteiger charge is 2.24. The summed E-state index contributed by atoms with van der Waals surface area (Å²) < 4.78 is 0. The van der Waals surface area contributed by atoms with E-state index in [0.29, 0.717) is 0 Å². The molecule has 0 saturated heterocycles. The highest BCUT2D eigenvalue weighted by molar-refractivity contribution is 5.77. The monoisotopic (exact) mass is 278 g/mol. The lowest BCUT2D eigenvalue weighted by molar-refractivity contribution is -0.138. The molecule has 0 saturated carbocycles. The maximum atomic E-state index is 11.9. The Morgan fingerprint density at radius 3 is 2.30 bits per heavy atom. The van der Waals surface area contributed by atoms with E-state index < -0.39 is 11.5 Å². The summed E-state index contributed by atoms with van der Waals surface area (Å²) in [5.41, 5.74) is 1.37. The molecule has 3 N–H and O–H groups in total. The molecule has 0 aliphatic carbocycles. The summed E-state index contributed by atoms with van der Waals surface area (Å²) in [6, 6.07) is 7.38. The number of carbonyl (C=O) groups is 2. The van der Waals surface area contributed by atoms with Crippen LogP contribution in [-0.4, -0.2) is 22.6 Å². The third-order valence-electron chi connectivity index (χ3n) is 2.97. The van der Waals surface area contributed by atoms with Crippen LogP contribution in [0.5, 0.6) is 0 Å². The molecular weight excluding hydrogens is 256 g/mol. The van der Waals surface area contributed by atoms with Gasteiger partial charge in [0.15, 0.2) is 0 Å². The molecule has 1 aromatic rings. The first-order chi connectivity index (χ1) is 9.19. The van der Waals surface area contributed by atoms with Crippen molar-refractivity contribution in [1.82, 2.24) is 10.6 Å². The average Bonchev–Trinajstić information content (AvgIpc) is 2.26. The van der Waals surface area contributed by atoms with Gasteiger partial charge < -0.3 is 15.7 Å². The van der Waals surface area contributed by atoms with Crippen LogP contribution in [0.25, 0.3) is 0 Å². The zero-order valence-corrected chi connectivity index (χ0v) is 12.4. The van der Waals surface area contributed by atoms with Gasteiger partial charge in [0.1, 0.15) is 0 Å². The van der Waals surface area contributed by atoms with Crippen LogP contribution in [0.2, 0.25) is 0 Å². The molecule has 1 rings (SSSR count). The van der Waals surface area contributed by atoms with E-state index in [1.54, 1.807) is 13.8 Å². The van der Waals surface area contributed by atoms with Crippen molar-refractivity contribution in [2.45, 2.75) is 45.7 Å². The van der Waals surface area contributed by atoms with Gasteiger partial charge >= 0.3 is 12.0 Å². The first-order valence-electron chi connectivity index (χ1n) is 6.57. The molecule has 1 aromatic carbocycles. The molecule has 0 bridgehead atoms. The lowest BCUT2D eigenvalue weighted by Crippen LogP contribution is -2.49. The van der Waals surface area contributed by atoms with E-state index in [9.17, 15) is 9.59 Å². The molecule has 110 valence electrons. The molecule has 0 spiro atoms. The van der Waals surface area contributed by atoms with Crippen molar-refractivity contribution >= 4 is 12.0 Å². The molecule has 5 heteroatoms. The number of carboxylic acids is 1. The SMILES string of the molecule is Cc1ccc(C(C)NC(=O)NC(C)(C)CC(=O)O)cc1. The Morgan fingerprint density at radius 1 is 1.25 bits per heavy atom. The van der Waals surface area contributed by atoms with Crippen molar-refractivity contribution in [3.05, 3.63) is 35.4 Å². The second kappa shape index (κ2) is 6.41. The molecule has 20 heavy (non-hydrogen) atoms. The van der Waals surface area contributed by atoms with Crippen molar-refractivity contribution in [3.8, 4) is 0 Å². The normalized spacial score (nSPS) is 12.6. The molecule has 0 aliphatic rings. The number of amides is 2. The van der Waals surface area contributed by atoms with Gasteiger partial charge in [0.2, 0.25) is 0 Å². The number of urea groups is 1. The zero-order valence-electron chi connectivity index (χ0n) is 12.4. The highest BCUT2D eigenvalue weighted by atomic mass is 16.4. The van der Waals surface area contributed by atoms with Gasteiger partial charge in [-0.15, -0.1) is 0 Å². The lowest BCUT2D eigenvalue weighted by Gasteiger charge is -2.25. The number of aliphatic carboxylic acids is 1. The minimum atomic E-state index is -0.943. The Morgan fingerprint density at radius 2 is 1.80 bits per heavy atom. The average molecular weight is 278 g/mol. The minimum absolute atomic E-state index is 0.126. The fourth-order valence-electron chi connectivity index (χ4n) is 1.90. The number of aryl methyl sites for hydroxylation is 1. The van der Waals surface area contributed by atoms with Crippen LogP contribution < -0.4 is 10.6 Å². The summed E-state index contributed by atoms with van der Waals surface area (Å²) in [6.07, 6.45) is -0.126. The van der Waals surface area contributed by atoms with Crippen molar-refractivity contribution in [2.75, 3.05) is 0 Å². The van der Waals surface area contributed by atoms with Gasteiger partial charge in [0, 0.05) is 5.54 Å². The van der Waals surface area contributed by atoms with E-state index in [2.05, 4.69) is 10.6 Å². The van der Waals surface area contributed by atoms with Crippen molar-refractivity contribution < 1.29 is 14.7 Å². The molecule has 1 unspecified atom stereocenters. The predicted molar refractivity (Wildman–Crippen MR) is 77.6 cm³/mol. The quantitative estimate of drug-likeness (QED) is 0.774. The second-order valence-electron chi connectivity index (χ2n) is 5.69. The van der Waals surface area contributed by atoms with Gasteiger partial charge in [-0.2, -0.15) is 0 Å². The fourth-order valence-corrected chi connectivity index (χ4v) is 1.90. The predicted octanol–water partition coefficient (Wildman–Crippen LogP) is 2.61. The van der Waals surface area contributed by atoms with E-state index in [1.165, 1.54) is 0 Å². The Kier molecular flexibility index (Phi) is 5.13. The fraction of sp³-hybridized carbons (Fsp3) is 0.467. The molecule has 5 nitrogen and oxygen atoms in total. The molecule has 0 radical (unpaired) electrons. The van der Waals surface area contributed by atoms with Gasteiger partial charge in [-0.25, -0.2) is 4.79 Å². The molecular formula is C15H22N2O3. The Labute approximate surface area is 119 Å². The van der Waals surface area contributed by atoms with Crippen molar-refractivity contribution in [1.29, 1.82) is 0 Å². The number of carbonyl (C=O) groups excluding carboxylic acids is 1. The summed E-state index contributed by atoms with van der Waals surface area (Å²) in [4.78, 5) is 22.6. The number of carboxylic acid groups (broad SMARTS) is 1. The smallest absolute Gasteiger partial charge is 0.315 e. The van der Waals surface area contributed by atoms with Gasteiger partial charge in [-0.05, 0) is 33.3 Å². The van der Waals surface area contributed by atoms with Gasteiger partial charge in [0.05, 0.1) is 12.5 Å². The molecule has 0 heterocycles. The third-order valence-corrected chi connectivity index (χ3v) is 2.97. The van der Waals surface area contributed by atoms with Gasteiger partial charge in [-0.3, -0.25) is 4.79 Å². The van der Waals surface area contributed by atoms with E-state index in [-0.39, 0.29) is 18.5 Å². The maximum absolute atomic E-state index is 11.9. The Balaban J connectivity index is 2.57. The number of rotatable bonds is 5. The summed E-state index contributed by atoms with van der Waals surface area (Å²) >= 11 is 0. The third kappa shape index (κ3) is 5.30. The number of nitrogens with one attached hydrogen (secondary N) is 2. The first kappa shape index (κ1) is 16.0. The summed E-state index contributed by atoms with van der Waals surface area (Å²) in [7, 11) is 0. The lowest BCUT2D eigenvalue weighted by atomic mass is 10.0. The largest absolute Gasteiger partial charge is 0.481 e.